The van der Waals surface area contributed by atoms with Gasteiger partial charge in [-0.15, -0.1) is 0 Å². The van der Waals surface area contributed by atoms with Gasteiger partial charge in [-0.2, -0.15) is 0 Å². The lowest BCUT2D eigenvalue weighted by Crippen LogP contribution is -2.44. The smallest absolute Gasteiger partial charge is 0.317 e. The number of hydrogen-bond donors (Lipinski definition) is 2. The molecule has 1 saturated heterocycles. The summed E-state index contributed by atoms with van der Waals surface area (Å²) in [6.45, 7) is 6.62. The molecular weight excluding hydrogens is 380 g/mol. The van der Waals surface area contributed by atoms with Gasteiger partial charge in [-0.3, -0.25) is 34.0 Å². The number of carboxylic acid groups (broad SMARTS) is 2. The van der Waals surface area contributed by atoms with Crippen molar-refractivity contribution in [3.8, 4) is 0 Å². The van der Waals surface area contributed by atoms with Gasteiger partial charge in [-0.05, 0) is 32.9 Å². The average molecular weight is 415 g/mol. The molecule has 1 heterocycles. The van der Waals surface area contributed by atoms with Crippen molar-refractivity contribution >= 4 is 24.0 Å². The fourth-order valence-corrected chi connectivity index (χ4v) is 3.51. The minimum absolute atomic E-state index is 0.0601. The minimum Gasteiger partial charge on any atom is -0.480 e. The van der Waals surface area contributed by atoms with Crippen LogP contribution in [0.1, 0.15) is 19.8 Å². The summed E-state index contributed by atoms with van der Waals surface area (Å²) in [5, 5.41) is 18.3. The van der Waals surface area contributed by atoms with Gasteiger partial charge in [0.15, 0.2) is 0 Å². The minimum atomic E-state index is -0.907. The third-order valence-electron chi connectivity index (χ3n) is 4.86. The second-order valence-electron chi connectivity index (χ2n) is 7.49. The number of carboxylic acids is 2. The second kappa shape index (κ2) is 14.2. The van der Waals surface area contributed by atoms with E-state index in [1.807, 2.05) is 19.6 Å². The number of aliphatic carboxylic acids is 2. The Labute approximate surface area is 172 Å². The Morgan fingerprint density at radius 1 is 0.690 bits per heavy atom. The molecule has 1 aliphatic rings. The molecule has 0 radical (unpaired) electrons. The van der Waals surface area contributed by atoms with Crippen LogP contribution in [0.4, 0.5) is 0 Å². The zero-order valence-electron chi connectivity index (χ0n) is 17.3. The zero-order valence-corrected chi connectivity index (χ0v) is 17.3. The van der Waals surface area contributed by atoms with E-state index >= 15 is 0 Å². The maximum atomic E-state index is 11.6. The van der Waals surface area contributed by atoms with Crippen molar-refractivity contribution in [2.75, 3.05) is 78.5 Å². The molecule has 2 N–H and O–H groups in total. The van der Waals surface area contributed by atoms with Crippen LogP contribution in [0.15, 0.2) is 0 Å². The first-order chi connectivity index (χ1) is 13.8. The first-order valence-electron chi connectivity index (χ1n) is 10.1. The summed E-state index contributed by atoms with van der Waals surface area (Å²) in [6, 6.07) is 0. The third-order valence-corrected chi connectivity index (χ3v) is 4.86. The summed E-state index contributed by atoms with van der Waals surface area (Å²) in [5.41, 5.74) is 0. The zero-order chi connectivity index (χ0) is 21.6. The number of aldehydes is 1. The molecular formula is C19H34N4O6. The highest BCUT2D eigenvalue weighted by Gasteiger charge is 2.17. The summed E-state index contributed by atoms with van der Waals surface area (Å²) in [7, 11) is 0. The van der Waals surface area contributed by atoms with Crippen LogP contribution in [0, 0.1) is 0 Å². The van der Waals surface area contributed by atoms with E-state index < -0.39 is 11.9 Å². The SMILES string of the molecule is CC(=O)CN1CCCN(CC=O)CCN(CC(=O)O)CCCN(CC(=O)O)CC1. The van der Waals surface area contributed by atoms with Crippen molar-refractivity contribution in [3.63, 3.8) is 0 Å². The summed E-state index contributed by atoms with van der Waals surface area (Å²) < 4.78 is 0. The van der Waals surface area contributed by atoms with Crippen LogP contribution in [-0.2, 0) is 19.2 Å². The molecule has 0 aromatic rings. The number of ketones is 1. The molecule has 0 saturated carbocycles. The molecule has 1 rings (SSSR count). The van der Waals surface area contributed by atoms with Gasteiger partial charge in [0.2, 0.25) is 0 Å². The third kappa shape index (κ3) is 12.3. The first kappa shape index (κ1) is 25.2. The predicted molar refractivity (Wildman–Crippen MR) is 107 cm³/mol. The quantitative estimate of drug-likeness (QED) is 0.476. The van der Waals surface area contributed by atoms with Gasteiger partial charge in [-0.1, -0.05) is 0 Å². The van der Waals surface area contributed by atoms with Crippen LogP contribution < -0.4 is 0 Å². The van der Waals surface area contributed by atoms with Gasteiger partial charge in [0.1, 0.15) is 12.1 Å². The molecule has 10 nitrogen and oxygen atoms in total. The summed E-state index contributed by atoms with van der Waals surface area (Å²) >= 11 is 0. The molecule has 10 heteroatoms. The van der Waals surface area contributed by atoms with Crippen molar-refractivity contribution in [2.24, 2.45) is 0 Å². The van der Waals surface area contributed by atoms with Crippen molar-refractivity contribution in [3.05, 3.63) is 0 Å². The number of hydrogen-bond acceptors (Lipinski definition) is 8. The van der Waals surface area contributed by atoms with Gasteiger partial charge in [-0.25, -0.2) is 0 Å². The first-order valence-corrected chi connectivity index (χ1v) is 10.1. The standard InChI is InChI=1S/C19H34N4O6/c1-17(25)14-21-5-2-4-20(12-13-24)8-9-22(15-18(26)27)6-3-7-23(11-10-21)16-19(28)29/h13H,2-12,14-16H2,1H3,(H,26,27)(H,28,29). The van der Waals surface area contributed by atoms with E-state index in [1.54, 1.807) is 0 Å². The number of rotatable bonds is 8. The van der Waals surface area contributed by atoms with Crippen LogP contribution in [-0.4, -0.2) is 132 Å². The average Bonchev–Trinajstić information content (AvgIpc) is 2.61. The molecule has 0 spiro atoms. The van der Waals surface area contributed by atoms with Crippen LogP contribution >= 0.6 is 0 Å². The molecule has 0 aromatic carbocycles. The van der Waals surface area contributed by atoms with E-state index in [1.165, 1.54) is 6.92 Å². The fourth-order valence-electron chi connectivity index (χ4n) is 3.51. The summed E-state index contributed by atoms with van der Waals surface area (Å²) in [4.78, 5) is 52.6. The van der Waals surface area contributed by atoms with E-state index in [-0.39, 0.29) is 18.9 Å². The Balaban J connectivity index is 2.84. The van der Waals surface area contributed by atoms with Gasteiger partial charge in [0.05, 0.1) is 26.2 Å². The van der Waals surface area contributed by atoms with Crippen LogP contribution in [0.5, 0.6) is 0 Å². The van der Waals surface area contributed by atoms with Gasteiger partial charge >= 0.3 is 11.9 Å². The molecule has 0 aliphatic carbocycles. The largest absolute Gasteiger partial charge is 0.480 e. The lowest BCUT2D eigenvalue weighted by molar-refractivity contribution is -0.139. The maximum Gasteiger partial charge on any atom is 0.317 e. The molecule has 29 heavy (non-hydrogen) atoms. The van der Waals surface area contributed by atoms with Crippen molar-refractivity contribution < 1.29 is 29.4 Å². The van der Waals surface area contributed by atoms with E-state index in [4.69, 9.17) is 10.2 Å². The lowest BCUT2D eigenvalue weighted by atomic mass is 10.2. The number of nitrogens with zero attached hydrogens (tertiary/aromatic N) is 4. The van der Waals surface area contributed by atoms with Crippen LogP contribution in [0.3, 0.4) is 0 Å². The number of carbonyl (C=O) groups is 4. The molecule has 0 aromatic heterocycles. The molecule has 1 aliphatic heterocycles. The van der Waals surface area contributed by atoms with E-state index in [9.17, 15) is 19.2 Å². The molecule has 0 bridgehead atoms. The van der Waals surface area contributed by atoms with E-state index in [0.29, 0.717) is 71.9 Å². The highest BCUT2D eigenvalue weighted by atomic mass is 16.4. The van der Waals surface area contributed by atoms with E-state index in [0.717, 1.165) is 12.7 Å². The van der Waals surface area contributed by atoms with E-state index in [2.05, 4.69) is 0 Å². The maximum absolute atomic E-state index is 11.6. The van der Waals surface area contributed by atoms with Gasteiger partial charge < -0.3 is 15.0 Å². The molecule has 1 fully saturated rings. The highest BCUT2D eigenvalue weighted by Crippen LogP contribution is 2.03. The Morgan fingerprint density at radius 2 is 1.07 bits per heavy atom. The fraction of sp³-hybridized carbons (Fsp3) is 0.789. The highest BCUT2D eigenvalue weighted by molar-refractivity contribution is 5.77. The topological polar surface area (TPSA) is 122 Å². The predicted octanol–water partition coefficient (Wildman–Crippen LogP) is -1.05. The Hall–Kier alpha value is -1.88. The molecule has 0 atom stereocenters. The monoisotopic (exact) mass is 414 g/mol. The van der Waals surface area contributed by atoms with Crippen LogP contribution in [0.2, 0.25) is 0 Å². The Bertz CT molecular complexity index is 545. The molecule has 166 valence electrons. The van der Waals surface area contributed by atoms with Crippen molar-refractivity contribution in [1.29, 1.82) is 0 Å². The van der Waals surface area contributed by atoms with Crippen molar-refractivity contribution in [2.45, 2.75) is 19.8 Å². The molecule has 0 amide bonds. The summed E-state index contributed by atoms with van der Waals surface area (Å²) in [6.07, 6.45) is 2.25. The molecule has 0 unspecified atom stereocenters. The number of Topliss-reactive ketones (excluding diaryl/α,β-unsaturated/α-hetero) is 1. The Morgan fingerprint density at radius 3 is 1.45 bits per heavy atom. The van der Waals surface area contributed by atoms with Crippen molar-refractivity contribution in [1.82, 2.24) is 19.6 Å². The Kier molecular flexibility index (Phi) is 12.3. The van der Waals surface area contributed by atoms with Crippen LogP contribution in [0.25, 0.3) is 0 Å². The normalized spacial score (nSPS) is 20.0. The number of carbonyl (C=O) groups excluding carboxylic acids is 2. The summed E-state index contributed by atoms with van der Waals surface area (Å²) in [5.74, 6) is -1.75. The van der Waals surface area contributed by atoms with Gasteiger partial charge in [0.25, 0.3) is 0 Å². The lowest BCUT2D eigenvalue weighted by Gasteiger charge is -2.30. The second-order valence-corrected chi connectivity index (χ2v) is 7.49. The van der Waals surface area contributed by atoms with Gasteiger partial charge in [0, 0.05) is 39.3 Å².